The second-order valence-electron chi connectivity index (χ2n) is 4.33. The van der Waals surface area contributed by atoms with Crippen LogP contribution in [0.4, 0.5) is 0 Å². The standard InChI is InChI=1S/C13H18N2O2/c1-10-5-12(17-13(10)6-14)8-15(2)7-11-3-4-16-9-11/h3-5,9H,6-8,14H2,1-2H3. The molecule has 2 heterocycles. The Kier molecular flexibility index (Phi) is 3.66. The summed E-state index contributed by atoms with van der Waals surface area (Å²) >= 11 is 0. The molecular weight excluding hydrogens is 216 g/mol. The molecule has 0 amide bonds. The van der Waals surface area contributed by atoms with Gasteiger partial charge in [-0.05, 0) is 31.7 Å². The Hall–Kier alpha value is -1.52. The summed E-state index contributed by atoms with van der Waals surface area (Å²) in [4.78, 5) is 2.17. The second kappa shape index (κ2) is 5.21. The van der Waals surface area contributed by atoms with Crippen LogP contribution in [0.15, 0.2) is 33.5 Å². The minimum absolute atomic E-state index is 0.456. The van der Waals surface area contributed by atoms with E-state index < -0.39 is 0 Å². The Labute approximate surface area is 101 Å². The SMILES string of the molecule is Cc1cc(CN(C)Cc2ccoc2)oc1CN. The average molecular weight is 234 g/mol. The highest BCUT2D eigenvalue weighted by molar-refractivity contribution is 5.19. The molecule has 17 heavy (non-hydrogen) atoms. The summed E-state index contributed by atoms with van der Waals surface area (Å²) < 4.78 is 10.7. The highest BCUT2D eigenvalue weighted by atomic mass is 16.3. The molecule has 2 aromatic heterocycles. The van der Waals surface area contributed by atoms with E-state index in [0.29, 0.717) is 6.54 Å². The Balaban J connectivity index is 1.95. The van der Waals surface area contributed by atoms with Crippen LogP contribution in [-0.2, 0) is 19.6 Å². The van der Waals surface area contributed by atoms with Gasteiger partial charge in [-0.1, -0.05) is 0 Å². The Morgan fingerprint density at radius 2 is 2.18 bits per heavy atom. The molecule has 0 aromatic carbocycles. The maximum Gasteiger partial charge on any atom is 0.120 e. The van der Waals surface area contributed by atoms with E-state index in [4.69, 9.17) is 14.6 Å². The van der Waals surface area contributed by atoms with Crippen LogP contribution >= 0.6 is 0 Å². The minimum atomic E-state index is 0.456. The van der Waals surface area contributed by atoms with Crippen molar-refractivity contribution in [3.63, 3.8) is 0 Å². The summed E-state index contributed by atoms with van der Waals surface area (Å²) in [5, 5.41) is 0. The fraction of sp³-hybridized carbons (Fsp3) is 0.385. The van der Waals surface area contributed by atoms with Gasteiger partial charge < -0.3 is 14.6 Å². The fourth-order valence-electron chi connectivity index (χ4n) is 1.89. The molecule has 0 bridgehead atoms. The number of nitrogens with two attached hydrogens (primary N) is 1. The van der Waals surface area contributed by atoms with Crippen molar-refractivity contribution in [2.45, 2.75) is 26.6 Å². The Bertz CT molecular complexity index is 460. The number of furan rings is 2. The third-order valence-electron chi connectivity index (χ3n) is 2.72. The molecule has 92 valence electrons. The van der Waals surface area contributed by atoms with E-state index in [-0.39, 0.29) is 0 Å². The Morgan fingerprint density at radius 3 is 2.76 bits per heavy atom. The zero-order chi connectivity index (χ0) is 12.3. The lowest BCUT2D eigenvalue weighted by Gasteiger charge is -2.13. The van der Waals surface area contributed by atoms with Crippen molar-refractivity contribution in [1.29, 1.82) is 0 Å². The first-order valence-electron chi connectivity index (χ1n) is 5.67. The Morgan fingerprint density at radius 1 is 1.35 bits per heavy atom. The van der Waals surface area contributed by atoms with E-state index in [1.54, 1.807) is 12.5 Å². The third kappa shape index (κ3) is 2.99. The zero-order valence-electron chi connectivity index (χ0n) is 10.3. The van der Waals surface area contributed by atoms with E-state index in [2.05, 4.69) is 4.90 Å². The summed E-state index contributed by atoms with van der Waals surface area (Å²) in [5.41, 5.74) is 7.87. The van der Waals surface area contributed by atoms with Crippen LogP contribution < -0.4 is 5.73 Å². The van der Waals surface area contributed by atoms with Gasteiger partial charge in [0.1, 0.15) is 11.5 Å². The molecule has 0 spiro atoms. The summed E-state index contributed by atoms with van der Waals surface area (Å²) in [7, 11) is 2.05. The quantitative estimate of drug-likeness (QED) is 0.862. The number of rotatable bonds is 5. The predicted octanol–water partition coefficient (Wildman–Crippen LogP) is 2.27. The van der Waals surface area contributed by atoms with Crippen LogP contribution in [0, 0.1) is 6.92 Å². The molecule has 0 unspecified atom stereocenters. The number of aryl methyl sites for hydroxylation is 1. The van der Waals surface area contributed by atoms with Gasteiger partial charge in [0.25, 0.3) is 0 Å². The summed E-state index contributed by atoms with van der Waals surface area (Å²) in [6.07, 6.45) is 3.45. The topological polar surface area (TPSA) is 55.5 Å². The zero-order valence-corrected chi connectivity index (χ0v) is 10.3. The number of nitrogens with zero attached hydrogens (tertiary/aromatic N) is 1. The van der Waals surface area contributed by atoms with Crippen LogP contribution in [0.25, 0.3) is 0 Å². The normalized spacial score (nSPS) is 11.3. The van der Waals surface area contributed by atoms with Crippen LogP contribution in [0.5, 0.6) is 0 Å². The molecule has 4 heteroatoms. The van der Waals surface area contributed by atoms with Crippen molar-refractivity contribution in [3.8, 4) is 0 Å². The van der Waals surface area contributed by atoms with Crippen molar-refractivity contribution >= 4 is 0 Å². The highest BCUT2D eigenvalue weighted by Crippen LogP contribution is 2.16. The fourth-order valence-corrected chi connectivity index (χ4v) is 1.89. The second-order valence-corrected chi connectivity index (χ2v) is 4.33. The molecule has 2 rings (SSSR count). The van der Waals surface area contributed by atoms with E-state index in [0.717, 1.165) is 35.7 Å². The predicted molar refractivity (Wildman–Crippen MR) is 65.2 cm³/mol. The number of hydrogen-bond acceptors (Lipinski definition) is 4. The van der Waals surface area contributed by atoms with Crippen molar-refractivity contribution in [3.05, 3.63) is 47.3 Å². The monoisotopic (exact) mass is 234 g/mol. The molecule has 0 radical (unpaired) electrons. The largest absolute Gasteiger partial charge is 0.472 e. The van der Waals surface area contributed by atoms with Gasteiger partial charge in [-0.2, -0.15) is 0 Å². The lowest BCUT2D eigenvalue weighted by Crippen LogP contribution is -2.16. The molecule has 0 atom stereocenters. The van der Waals surface area contributed by atoms with Crippen LogP contribution in [-0.4, -0.2) is 11.9 Å². The van der Waals surface area contributed by atoms with Gasteiger partial charge in [0, 0.05) is 12.1 Å². The summed E-state index contributed by atoms with van der Waals surface area (Å²) in [6, 6.07) is 4.02. The van der Waals surface area contributed by atoms with Crippen LogP contribution in [0.1, 0.15) is 22.6 Å². The lowest BCUT2D eigenvalue weighted by atomic mass is 10.2. The minimum Gasteiger partial charge on any atom is -0.472 e. The first kappa shape index (κ1) is 12.0. The van der Waals surface area contributed by atoms with Gasteiger partial charge >= 0.3 is 0 Å². The van der Waals surface area contributed by atoms with Gasteiger partial charge in [-0.15, -0.1) is 0 Å². The van der Waals surface area contributed by atoms with E-state index in [1.807, 2.05) is 26.1 Å². The van der Waals surface area contributed by atoms with Crippen molar-refractivity contribution < 1.29 is 8.83 Å². The maximum atomic E-state index is 5.66. The smallest absolute Gasteiger partial charge is 0.120 e. The highest BCUT2D eigenvalue weighted by Gasteiger charge is 2.09. The molecule has 0 aliphatic heterocycles. The summed E-state index contributed by atoms with van der Waals surface area (Å²) in [6.45, 7) is 4.09. The van der Waals surface area contributed by atoms with Crippen LogP contribution in [0.2, 0.25) is 0 Å². The molecule has 2 N–H and O–H groups in total. The molecule has 0 aliphatic rings. The number of hydrogen-bond donors (Lipinski definition) is 1. The molecule has 0 saturated carbocycles. The average Bonchev–Trinajstić information content (AvgIpc) is 2.88. The van der Waals surface area contributed by atoms with Gasteiger partial charge in [-0.25, -0.2) is 0 Å². The van der Waals surface area contributed by atoms with Gasteiger partial charge in [-0.3, -0.25) is 4.90 Å². The molecular formula is C13H18N2O2. The third-order valence-corrected chi connectivity index (χ3v) is 2.72. The molecule has 0 saturated heterocycles. The van der Waals surface area contributed by atoms with E-state index >= 15 is 0 Å². The van der Waals surface area contributed by atoms with Crippen molar-refractivity contribution in [2.75, 3.05) is 7.05 Å². The summed E-state index contributed by atoms with van der Waals surface area (Å²) in [5.74, 6) is 1.82. The first-order chi connectivity index (χ1) is 8.19. The van der Waals surface area contributed by atoms with E-state index in [1.165, 1.54) is 0 Å². The van der Waals surface area contributed by atoms with Gasteiger partial charge in [0.05, 0.1) is 25.6 Å². The molecule has 0 aliphatic carbocycles. The van der Waals surface area contributed by atoms with Gasteiger partial charge in [0.15, 0.2) is 0 Å². The molecule has 4 nitrogen and oxygen atoms in total. The molecule has 0 fully saturated rings. The first-order valence-corrected chi connectivity index (χ1v) is 5.67. The maximum absolute atomic E-state index is 5.66. The van der Waals surface area contributed by atoms with Crippen molar-refractivity contribution in [2.24, 2.45) is 5.73 Å². The van der Waals surface area contributed by atoms with E-state index in [9.17, 15) is 0 Å². The van der Waals surface area contributed by atoms with Gasteiger partial charge in [0.2, 0.25) is 0 Å². The van der Waals surface area contributed by atoms with Crippen LogP contribution in [0.3, 0.4) is 0 Å². The lowest BCUT2D eigenvalue weighted by molar-refractivity contribution is 0.283. The van der Waals surface area contributed by atoms with Crippen molar-refractivity contribution in [1.82, 2.24) is 4.90 Å². The molecule has 2 aromatic rings.